The molecule has 3 atom stereocenters. The van der Waals surface area contributed by atoms with Crippen molar-refractivity contribution in [1.82, 2.24) is 15.1 Å². The molecule has 2 aliphatic heterocycles. The third-order valence-corrected chi connectivity index (χ3v) is 7.66. The van der Waals surface area contributed by atoms with E-state index in [1.807, 2.05) is 44.7 Å². The van der Waals surface area contributed by atoms with Gasteiger partial charge in [0.2, 0.25) is 17.7 Å². The molecule has 2 heterocycles. The van der Waals surface area contributed by atoms with Crippen molar-refractivity contribution in [1.29, 1.82) is 0 Å². The van der Waals surface area contributed by atoms with Crippen molar-refractivity contribution in [3.8, 4) is 0 Å². The second-order valence-corrected chi connectivity index (χ2v) is 11.7. The van der Waals surface area contributed by atoms with Gasteiger partial charge in [0.05, 0.1) is 5.92 Å². The first kappa shape index (κ1) is 26.5. The second kappa shape index (κ2) is 10.7. The molecule has 188 valence electrons. The number of likely N-dealkylation sites (tertiary alicyclic amines) is 2. The van der Waals surface area contributed by atoms with Gasteiger partial charge in [-0.1, -0.05) is 65.3 Å². The predicted molar refractivity (Wildman–Crippen MR) is 135 cm³/mol. The third-order valence-electron chi connectivity index (χ3n) is 7.41. The molecule has 1 N–H and O–H groups in total. The zero-order valence-corrected chi connectivity index (χ0v) is 22.2. The summed E-state index contributed by atoms with van der Waals surface area (Å²) in [6, 6.07) is 7.45. The highest BCUT2D eigenvalue weighted by molar-refractivity contribution is 6.30. The van der Waals surface area contributed by atoms with Crippen LogP contribution in [-0.2, 0) is 14.4 Å². The Morgan fingerprint density at radius 1 is 0.971 bits per heavy atom. The number of nitrogens with zero attached hydrogens (tertiary/aromatic N) is 2. The minimum absolute atomic E-state index is 0.0147. The van der Waals surface area contributed by atoms with E-state index in [9.17, 15) is 14.4 Å². The fraction of sp³-hybridized carbons (Fsp3) is 0.667. The van der Waals surface area contributed by atoms with Gasteiger partial charge in [-0.15, -0.1) is 0 Å². The number of nitrogens with one attached hydrogen (secondary N) is 1. The molecule has 2 saturated heterocycles. The monoisotopic (exact) mass is 489 g/mol. The van der Waals surface area contributed by atoms with Crippen molar-refractivity contribution < 1.29 is 14.4 Å². The van der Waals surface area contributed by atoms with Crippen LogP contribution in [0.3, 0.4) is 0 Å². The fourth-order valence-corrected chi connectivity index (χ4v) is 5.50. The van der Waals surface area contributed by atoms with Crippen LogP contribution in [0, 0.1) is 23.2 Å². The summed E-state index contributed by atoms with van der Waals surface area (Å²) in [4.78, 5) is 42.6. The summed E-state index contributed by atoms with van der Waals surface area (Å²) in [5, 5.41) is 3.76. The number of carbonyl (C=O) groups excluding carboxylic acids is 3. The summed E-state index contributed by atoms with van der Waals surface area (Å²) in [5.41, 5.74) is 1.15. The van der Waals surface area contributed by atoms with Gasteiger partial charge in [-0.3, -0.25) is 14.4 Å². The Bertz CT molecular complexity index is 897. The zero-order valence-electron chi connectivity index (χ0n) is 21.4. The van der Waals surface area contributed by atoms with E-state index in [0.717, 1.165) is 11.4 Å². The Kier molecular flexibility index (Phi) is 8.33. The minimum Gasteiger partial charge on any atom is -0.344 e. The smallest absolute Gasteiger partial charge is 0.245 e. The van der Waals surface area contributed by atoms with Gasteiger partial charge in [0.15, 0.2) is 0 Å². The number of amides is 3. The Morgan fingerprint density at radius 3 is 2.15 bits per heavy atom. The molecular formula is C27H40ClN3O3. The van der Waals surface area contributed by atoms with Gasteiger partial charge in [0, 0.05) is 37.1 Å². The highest BCUT2D eigenvalue weighted by atomic mass is 35.5. The van der Waals surface area contributed by atoms with E-state index < -0.39 is 6.04 Å². The lowest BCUT2D eigenvalue weighted by Crippen LogP contribution is -2.56. The SMILES string of the molecule is CC(C)C(=O)N1CC[C@@H](C(=O)N[C@@H](C(=O)N2CC[C@H](c3ccc(Cl)cc3)C(C)(C)C2)C(C)C)C1. The topological polar surface area (TPSA) is 69.7 Å². The van der Waals surface area contributed by atoms with Crippen LogP contribution < -0.4 is 5.32 Å². The van der Waals surface area contributed by atoms with Gasteiger partial charge < -0.3 is 15.1 Å². The van der Waals surface area contributed by atoms with Crippen LogP contribution in [0.2, 0.25) is 5.02 Å². The number of piperidine rings is 1. The molecule has 2 aliphatic rings. The van der Waals surface area contributed by atoms with Gasteiger partial charge >= 0.3 is 0 Å². The highest BCUT2D eigenvalue weighted by Gasteiger charge is 2.41. The van der Waals surface area contributed by atoms with E-state index in [1.54, 1.807) is 4.90 Å². The molecule has 6 nitrogen and oxygen atoms in total. The Morgan fingerprint density at radius 2 is 1.59 bits per heavy atom. The van der Waals surface area contributed by atoms with Crippen LogP contribution in [0.15, 0.2) is 24.3 Å². The first-order valence-corrected chi connectivity index (χ1v) is 12.9. The van der Waals surface area contributed by atoms with E-state index in [1.165, 1.54) is 5.56 Å². The molecule has 0 spiro atoms. The average Bonchev–Trinajstić information content (AvgIpc) is 3.26. The summed E-state index contributed by atoms with van der Waals surface area (Å²) >= 11 is 6.07. The van der Waals surface area contributed by atoms with Gasteiger partial charge in [0.1, 0.15) is 6.04 Å². The lowest BCUT2D eigenvalue weighted by molar-refractivity contribution is -0.141. The van der Waals surface area contributed by atoms with Crippen molar-refractivity contribution in [2.24, 2.45) is 23.2 Å². The first-order valence-electron chi connectivity index (χ1n) is 12.5. The van der Waals surface area contributed by atoms with E-state index in [0.29, 0.717) is 38.5 Å². The molecule has 3 amide bonds. The molecule has 0 radical (unpaired) electrons. The van der Waals surface area contributed by atoms with Crippen LogP contribution in [0.4, 0.5) is 0 Å². The number of rotatable bonds is 6. The van der Waals surface area contributed by atoms with Gasteiger partial charge in [-0.05, 0) is 47.8 Å². The Balaban J connectivity index is 1.64. The van der Waals surface area contributed by atoms with E-state index >= 15 is 0 Å². The van der Waals surface area contributed by atoms with Gasteiger partial charge in [0.25, 0.3) is 0 Å². The Hall–Kier alpha value is -2.08. The second-order valence-electron chi connectivity index (χ2n) is 11.3. The summed E-state index contributed by atoms with van der Waals surface area (Å²) in [5.74, 6) is -0.0832. The van der Waals surface area contributed by atoms with Gasteiger partial charge in [-0.2, -0.15) is 0 Å². The van der Waals surface area contributed by atoms with Crippen LogP contribution in [0.1, 0.15) is 65.9 Å². The summed E-state index contributed by atoms with van der Waals surface area (Å²) in [6.45, 7) is 14.4. The summed E-state index contributed by atoms with van der Waals surface area (Å²) < 4.78 is 0. The summed E-state index contributed by atoms with van der Waals surface area (Å²) in [6.07, 6.45) is 1.51. The van der Waals surface area contributed by atoms with Crippen LogP contribution >= 0.6 is 11.6 Å². The first-order chi connectivity index (χ1) is 15.9. The molecule has 0 unspecified atom stereocenters. The predicted octanol–water partition coefficient (Wildman–Crippen LogP) is 4.33. The molecule has 1 aromatic carbocycles. The molecule has 2 fully saturated rings. The molecule has 0 aliphatic carbocycles. The largest absolute Gasteiger partial charge is 0.344 e. The Labute approximate surface area is 209 Å². The van der Waals surface area contributed by atoms with Crippen molar-refractivity contribution in [3.05, 3.63) is 34.9 Å². The van der Waals surface area contributed by atoms with E-state index in [-0.39, 0.29) is 40.9 Å². The van der Waals surface area contributed by atoms with Gasteiger partial charge in [-0.25, -0.2) is 0 Å². The molecule has 1 aromatic rings. The number of halogens is 1. The molecule has 34 heavy (non-hydrogen) atoms. The molecule has 3 rings (SSSR count). The number of benzene rings is 1. The summed E-state index contributed by atoms with van der Waals surface area (Å²) in [7, 11) is 0. The maximum atomic E-state index is 13.6. The van der Waals surface area contributed by atoms with Crippen molar-refractivity contribution >= 4 is 29.3 Å². The van der Waals surface area contributed by atoms with Crippen molar-refractivity contribution in [3.63, 3.8) is 0 Å². The minimum atomic E-state index is -0.565. The van der Waals surface area contributed by atoms with Crippen LogP contribution in [0.25, 0.3) is 0 Å². The molecule has 7 heteroatoms. The van der Waals surface area contributed by atoms with Crippen LogP contribution in [-0.4, -0.2) is 59.7 Å². The number of carbonyl (C=O) groups is 3. The maximum Gasteiger partial charge on any atom is 0.245 e. The average molecular weight is 490 g/mol. The lowest BCUT2D eigenvalue weighted by Gasteiger charge is -2.45. The quantitative estimate of drug-likeness (QED) is 0.646. The zero-order chi connectivity index (χ0) is 25.2. The van der Waals surface area contributed by atoms with E-state index in [2.05, 4.69) is 31.3 Å². The normalized spacial score (nSPS) is 23.3. The maximum absolute atomic E-state index is 13.6. The standard InChI is InChI=1S/C27H40ClN3O3/c1-17(2)23(29-24(32)20-11-13-30(15-20)25(33)18(3)4)26(34)31-14-12-22(27(5,6)16-31)19-7-9-21(28)10-8-19/h7-10,17-18,20,22-23H,11-16H2,1-6H3,(H,29,32)/t20-,22-,23-/m1/s1. The lowest BCUT2D eigenvalue weighted by atomic mass is 9.70. The molecule has 0 aromatic heterocycles. The molecule has 0 bridgehead atoms. The molecule has 0 saturated carbocycles. The fourth-order valence-electron chi connectivity index (χ4n) is 5.38. The molecular weight excluding hydrogens is 450 g/mol. The van der Waals surface area contributed by atoms with E-state index in [4.69, 9.17) is 11.6 Å². The number of hydrogen-bond acceptors (Lipinski definition) is 3. The van der Waals surface area contributed by atoms with Crippen molar-refractivity contribution in [2.75, 3.05) is 26.2 Å². The van der Waals surface area contributed by atoms with Crippen molar-refractivity contribution in [2.45, 2.75) is 66.3 Å². The third kappa shape index (κ3) is 5.94. The number of hydrogen-bond donors (Lipinski definition) is 1. The van der Waals surface area contributed by atoms with Crippen LogP contribution in [0.5, 0.6) is 0 Å². The highest BCUT2D eigenvalue weighted by Crippen LogP contribution is 2.42.